The Bertz CT molecular complexity index is 768. The highest BCUT2D eigenvalue weighted by atomic mass is 35.5. The Morgan fingerprint density at radius 3 is 2.00 bits per heavy atom. The van der Waals surface area contributed by atoms with Crippen LogP contribution in [-0.4, -0.2) is 32.1 Å². The number of halogens is 2. The van der Waals surface area contributed by atoms with Crippen molar-refractivity contribution in [1.29, 1.82) is 0 Å². The molecule has 0 saturated carbocycles. The lowest BCUT2D eigenvalue weighted by atomic mass is 10.1. The second-order valence-corrected chi connectivity index (χ2v) is 6.90. The number of ketones is 1. The Labute approximate surface area is 163 Å². The van der Waals surface area contributed by atoms with Gasteiger partial charge in [-0.1, -0.05) is 35.3 Å². The third-order valence-electron chi connectivity index (χ3n) is 3.49. The molecule has 0 spiro atoms. The fraction of sp³-hybridized carbons (Fsp3) is 0.222. The first-order valence-electron chi connectivity index (χ1n) is 7.61. The second-order valence-electron chi connectivity index (χ2n) is 5.09. The van der Waals surface area contributed by atoms with Crippen molar-refractivity contribution in [3.05, 3.63) is 57.6 Å². The maximum absolute atomic E-state index is 12.3. The van der Waals surface area contributed by atoms with Crippen molar-refractivity contribution < 1.29 is 23.6 Å². The summed E-state index contributed by atoms with van der Waals surface area (Å²) in [6.45, 7) is 0. The van der Waals surface area contributed by atoms with E-state index in [0.717, 1.165) is 0 Å². The van der Waals surface area contributed by atoms with Crippen LogP contribution in [0.1, 0.15) is 27.1 Å². The van der Waals surface area contributed by atoms with E-state index in [2.05, 4.69) is 0 Å². The van der Waals surface area contributed by atoms with Gasteiger partial charge >= 0.3 is 5.97 Å². The molecular weight excluding hydrogens is 398 g/mol. The Morgan fingerprint density at radius 2 is 1.46 bits per heavy atom. The van der Waals surface area contributed by atoms with E-state index in [1.165, 1.54) is 14.2 Å². The van der Waals surface area contributed by atoms with Gasteiger partial charge in [0.2, 0.25) is 0 Å². The van der Waals surface area contributed by atoms with Crippen LogP contribution in [0.3, 0.4) is 0 Å². The summed E-state index contributed by atoms with van der Waals surface area (Å²) < 4.78 is 15.6. The van der Waals surface area contributed by atoms with Crippen molar-refractivity contribution >= 4 is 43.8 Å². The summed E-state index contributed by atoms with van der Waals surface area (Å²) in [6.07, 6.45) is 0.530. The molecule has 2 aromatic rings. The first kappa shape index (κ1) is 20.5. The van der Waals surface area contributed by atoms with Crippen molar-refractivity contribution in [3.63, 3.8) is 0 Å². The molecule has 0 bridgehead atoms. The van der Waals surface area contributed by atoms with Gasteiger partial charge in [-0.3, -0.25) is 4.79 Å². The molecule has 0 N–H and O–H groups in total. The fourth-order valence-electron chi connectivity index (χ4n) is 2.27. The molecule has 0 amide bonds. The zero-order valence-corrected chi connectivity index (χ0v) is 16.7. The van der Waals surface area contributed by atoms with Crippen molar-refractivity contribution in [3.8, 4) is 11.5 Å². The van der Waals surface area contributed by atoms with Gasteiger partial charge in [0.25, 0.3) is 0 Å². The lowest BCUT2D eigenvalue weighted by Crippen LogP contribution is -2.06. The van der Waals surface area contributed by atoms with E-state index in [4.69, 9.17) is 37.2 Å². The second kappa shape index (κ2) is 9.77. The number of carbonyl (C=O) groups is 2. The van der Waals surface area contributed by atoms with E-state index in [9.17, 15) is 9.59 Å². The summed E-state index contributed by atoms with van der Waals surface area (Å²) in [5.41, 5.74) is 0.504. The predicted octanol–water partition coefficient (Wildman–Crippen LogP) is 5.03. The van der Waals surface area contributed by atoms with Gasteiger partial charge in [-0.05, 0) is 24.3 Å². The summed E-state index contributed by atoms with van der Waals surface area (Å²) in [5.74, 6) is -0.0453. The molecule has 2 aromatic carbocycles. The van der Waals surface area contributed by atoms with Gasteiger partial charge in [0.05, 0.1) is 38.6 Å². The van der Waals surface area contributed by atoms with Crippen LogP contribution < -0.4 is 9.47 Å². The molecule has 8 heteroatoms. The molecule has 2 rings (SSSR count). The number of Topliss-reactive ketones (excluding diaryl/α,β-unsaturated/α-hetero) is 1. The number of hydrogen-bond acceptors (Lipinski definition) is 5. The van der Waals surface area contributed by atoms with E-state index < -0.39 is 5.97 Å². The van der Waals surface area contributed by atoms with Gasteiger partial charge in [0.15, 0.2) is 5.78 Å². The number of rotatable bonds is 8. The van der Waals surface area contributed by atoms with E-state index in [-0.39, 0.29) is 26.6 Å². The quantitative estimate of drug-likeness (QED) is 0.344. The standard InChI is InChI=1S/C18H17Cl2O5P/c1-23-14-7-4-8-15(24-2)17(14)18(22)25-26-10-9-13(21)16-11(19)5-3-6-12(16)20/h3-8,26H,9-10H2,1-2H3. The van der Waals surface area contributed by atoms with Gasteiger partial charge < -0.3 is 14.0 Å². The average molecular weight is 415 g/mol. The van der Waals surface area contributed by atoms with E-state index in [1.807, 2.05) is 0 Å². The van der Waals surface area contributed by atoms with Crippen molar-refractivity contribution in [2.24, 2.45) is 0 Å². The molecule has 1 unspecified atom stereocenters. The number of hydrogen-bond donors (Lipinski definition) is 0. The largest absolute Gasteiger partial charge is 0.496 e. The normalized spacial score (nSPS) is 10.8. The molecular formula is C18H17Cl2O5P. The lowest BCUT2D eigenvalue weighted by molar-refractivity contribution is 0.0751. The van der Waals surface area contributed by atoms with Crippen LogP contribution in [-0.2, 0) is 4.52 Å². The molecule has 138 valence electrons. The third-order valence-corrected chi connectivity index (χ3v) is 4.91. The third kappa shape index (κ3) is 4.88. The van der Waals surface area contributed by atoms with Crippen LogP contribution in [0.2, 0.25) is 10.0 Å². The van der Waals surface area contributed by atoms with Gasteiger partial charge in [0.1, 0.15) is 17.1 Å². The Kier molecular flexibility index (Phi) is 7.70. The van der Waals surface area contributed by atoms with E-state index in [1.54, 1.807) is 36.4 Å². The molecule has 0 fully saturated rings. The molecule has 0 heterocycles. The van der Waals surface area contributed by atoms with Crippen molar-refractivity contribution in [2.45, 2.75) is 6.42 Å². The number of ether oxygens (including phenoxy) is 2. The zero-order valence-electron chi connectivity index (χ0n) is 14.2. The number of methoxy groups -OCH3 is 2. The highest BCUT2D eigenvalue weighted by molar-refractivity contribution is 7.33. The smallest absolute Gasteiger partial charge is 0.348 e. The minimum atomic E-state index is -0.569. The molecule has 0 aliphatic heterocycles. The average Bonchev–Trinajstić information content (AvgIpc) is 2.64. The van der Waals surface area contributed by atoms with Crippen LogP contribution >= 0.6 is 32.0 Å². The molecule has 5 nitrogen and oxygen atoms in total. The summed E-state index contributed by atoms with van der Waals surface area (Å²) in [6, 6.07) is 9.89. The molecule has 0 aromatic heterocycles. The SMILES string of the molecule is COc1cccc(OC)c1C(=O)OPCCC(=O)c1c(Cl)cccc1Cl. The summed E-state index contributed by atoms with van der Waals surface area (Å²) >= 11 is 12.0. The fourth-order valence-corrected chi connectivity index (χ4v) is 3.55. The van der Waals surface area contributed by atoms with Crippen LogP contribution in [0.4, 0.5) is 0 Å². The van der Waals surface area contributed by atoms with E-state index in [0.29, 0.717) is 33.3 Å². The zero-order chi connectivity index (χ0) is 19.1. The Hall–Kier alpha value is -1.81. The van der Waals surface area contributed by atoms with Gasteiger partial charge in [-0.15, -0.1) is 0 Å². The van der Waals surface area contributed by atoms with Crippen LogP contribution in [0, 0.1) is 0 Å². The molecule has 0 saturated heterocycles. The van der Waals surface area contributed by atoms with Crippen molar-refractivity contribution in [2.75, 3.05) is 20.4 Å². The van der Waals surface area contributed by atoms with Crippen LogP contribution in [0.25, 0.3) is 0 Å². The predicted molar refractivity (Wildman–Crippen MR) is 104 cm³/mol. The van der Waals surface area contributed by atoms with Crippen LogP contribution in [0.5, 0.6) is 11.5 Å². The summed E-state index contributed by atoms with van der Waals surface area (Å²) in [5, 5.41) is 0.614. The first-order chi connectivity index (χ1) is 12.5. The molecule has 0 aliphatic rings. The minimum Gasteiger partial charge on any atom is -0.496 e. The monoisotopic (exact) mass is 414 g/mol. The number of carbonyl (C=O) groups excluding carboxylic acids is 2. The molecule has 26 heavy (non-hydrogen) atoms. The lowest BCUT2D eigenvalue weighted by Gasteiger charge is -2.12. The molecule has 0 aliphatic carbocycles. The minimum absolute atomic E-state index is 0.165. The Morgan fingerprint density at radius 1 is 0.923 bits per heavy atom. The van der Waals surface area contributed by atoms with Gasteiger partial charge in [-0.2, -0.15) is 0 Å². The Balaban J connectivity index is 1.95. The van der Waals surface area contributed by atoms with E-state index >= 15 is 0 Å². The van der Waals surface area contributed by atoms with Crippen LogP contribution in [0.15, 0.2) is 36.4 Å². The number of benzene rings is 2. The topological polar surface area (TPSA) is 61.8 Å². The first-order valence-corrected chi connectivity index (χ1v) is 9.49. The molecule has 1 atom stereocenters. The maximum Gasteiger partial charge on any atom is 0.348 e. The summed E-state index contributed by atoms with van der Waals surface area (Å²) in [4.78, 5) is 24.6. The van der Waals surface area contributed by atoms with Crippen molar-refractivity contribution in [1.82, 2.24) is 0 Å². The molecule has 0 radical (unpaired) electrons. The van der Waals surface area contributed by atoms with Gasteiger partial charge in [0, 0.05) is 12.6 Å². The highest BCUT2D eigenvalue weighted by Gasteiger charge is 2.20. The maximum atomic E-state index is 12.3. The highest BCUT2D eigenvalue weighted by Crippen LogP contribution is 2.32. The summed E-state index contributed by atoms with van der Waals surface area (Å²) in [7, 11) is 2.71. The van der Waals surface area contributed by atoms with Gasteiger partial charge in [-0.25, -0.2) is 4.79 Å².